The molecule has 0 fully saturated rings. The number of nitrogens with two attached hydrogens (primary N) is 3. The van der Waals surface area contributed by atoms with E-state index in [4.69, 9.17) is 17.2 Å². The standard InChI is InChI=1S/C10H18N6O2/c1-6-7(3-11)10(15(2)14-6)16(4-8(12)17)5-9(13)18/h3-5,11H2,1-2H3,(H2,12,17)(H2,13,18). The van der Waals surface area contributed by atoms with Crippen LogP contribution in [0.25, 0.3) is 0 Å². The summed E-state index contributed by atoms with van der Waals surface area (Å²) < 4.78 is 1.56. The summed E-state index contributed by atoms with van der Waals surface area (Å²) in [6.07, 6.45) is 0. The fourth-order valence-electron chi connectivity index (χ4n) is 1.91. The lowest BCUT2D eigenvalue weighted by Crippen LogP contribution is -2.41. The average molecular weight is 254 g/mol. The van der Waals surface area contributed by atoms with Gasteiger partial charge in [0.15, 0.2) is 0 Å². The van der Waals surface area contributed by atoms with Crippen LogP contribution in [0.5, 0.6) is 0 Å². The molecule has 0 aliphatic carbocycles. The van der Waals surface area contributed by atoms with Crippen LogP contribution in [0, 0.1) is 6.92 Å². The number of rotatable bonds is 6. The molecule has 8 nitrogen and oxygen atoms in total. The zero-order valence-corrected chi connectivity index (χ0v) is 10.5. The molecule has 0 atom stereocenters. The first kappa shape index (κ1) is 14.0. The van der Waals surface area contributed by atoms with Gasteiger partial charge in [0.2, 0.25) is 11.8 Å². The summed E-state index contributed by atoms with van der Waals surface area (Å²) in [5.74, 6) is -0.524. The van der Waals surface area contributed by atoms with Crippen molar-refractivity contribution in [3.05, 3.63) is 11.3 Å². The van der Waals surface area contributed by atoms with E-state index >= 15 is 0 Å². The van der Waals surface area contributed by atoms with Gasteiger partial charge < -0.3 is 22.1 Å². The number of carbonyl (C=O) groups is 2. The second-order valence-electron chi connectivity index (χ2n) is 4.00. The molecule has 0 saturated carbocycles. The number of nitrogens with zero attached hydrogens (tertiary/aromatic N) is 3. The van der Waals surface area contributed by atoms with Gasteiger partial charge in [-0.25, -0.2) is 0 Å². The minimum absolute atomic E-state index is 0.116. The first-order valence-corrected chi connectivity index (χ1v) is 5.40. The molecule has 0 saturated heterocycles. The van der Waals surface area contributed by atoms with Crippen molar-refractivity contribution in [3.8, 4) is 0 Å². The second kappa shape index (κ2) is 5.50. The van der Waals surface area contributed by atoms with Gasteiger partial charge in [0.25, 0.3) is 0 Å². The highest BCUT2D eigenvalue weighted by Crippen LogP contribution is 2.22. The molecular weight excluding hydrogens is 236 g/mol. The molecule has 0 aliphatic rings. The van der Waals surface area contributed by atoms with Gasteiger partial charge in [-0.1, -0.05) is 0 Å². The van der Waals surface area contributed by atoms with Crippen LogP contribution < -0.4 is 22.1 Å². The number of primary amides is 2. The highest BCUT2D eigenvalue weighted by Gasteiger charge is 2.21. The molecule has 0 radical (unpaired) electrons. The van der Waals surface area contributed by atoms with Gasteiger partial charge in [-0.2, -0.15) is 5.10 Å². The Kier molecular flexibility index (Phi) is 4.27. The maximum Gasteiger partial charge on any atom is 0.237 e. The fourth-order valence-corrected chi connectivity index (χ4v) is 1.91. The third kappa shape index (κ3) is 2.98. The summed E-state index contributed by atoms with van der Waals surface area (Å²) in [7, 11) is 1.70. The van der Waals surface area contributed by atoms with Gasteiger partial charge in [-0.3, -0.25) is 14.3 Å². The molecule has 1 rings (SSSR count). The number of anilines is 1. The smallest absolute Gasteiger partial charge is 0.237 e. The van der Waals surface area contributed by atoms with E-state index < -0.39 is 11.8 Å². The van der Waals surface area contributed by atoms with Crippen LogP contribution in [-0.2, 0) is 23.2 Å². The molecule has 6 N–H and O–H groups in total. The van der Waals surface area contributed by atoms with Gasteiger partial charge in [0.1, 0.15) is 5.82 Å². The third-order valence-corrected chi connectivity index (χ3v) is 2.51. The lowest BCUT2D eigenvalue weighted by atomic mass is 10.2. The largest absolute Gasteiger partial charge is 0.368 e. The third-order valence-electron chi connectivity index (χ3n) is 2.51. The van der Waals surface area contributed by atoms with Crippen molar-refractivity contribution in [1.82, 2.24) is 9.78 Å². The molecule has 1 aromatic heterocycles. The predicted octanol–water partition coefficient (Wildman–Crippen LogP) is -2.04. The van der Waals surface area contributed by atoms with E-state index in [1.807, 2.05) is 0 Å². The minimum atomic E-state index is -0.557. The maximum atomic E-state index is 11.0. The van der Waals surface area contributed by atoms with Crippen LogP contribution in [0.4, 0.5) is 5.82 Å². The van der Waals surface area contributed by atoms with Gasteiger partial charge >= 0.3 is 0 Å². The monoisotopic (exact) mass is 254 g/mol. The Labute approximate surface area is 105 Å². The summed E-state index contributed by atoms with van der Waals surface area (Å²) in [6.45, 7) is 1.82. The summed E-state index contributed by atoms with van der Waals surface area (Å²) in [4.78, 5) is 23.6. The van der Waals surface area contributed by atoms with E-state index in [1.54, 1.807) is 18.7 Å². The van der Waals surface area contributed by atoms with Crippen LogP contribution in [0.1, 0.15) is 11.3 Å². The van der Waals surface area contributed by atoms with E-state index in [1.165, 1.54) is 4.90 Å². The molecule has 0 aliphatic heterocycles. The zero-order valence-electron chi connectivity index (χ0n) is 10.5. The van der Waals surface area contributed by atoms with Crippen LogP contribution >= 0.6 is 0 Å². The molecule has 100 valence electrons. The van der Waals surface area contributed by atoms with Crippen molar-refractivity contribution in [1.29, 1.82) is 0 Å². The topological polar surface area (TPSA) is 133 Å². The van der Waals surface area contributed by atoms with E-state index in [9.17, 15) is 9.59 Å². The Morgan fingerprint density at radius 3 is 2.17 bits per heavy atom. The minimum Gasteiger partial charge on any atom is -0.368 e. The molecule has 0 spiro atoms. The predicted molar refractivity (Wildman–Crippen MR) is 66.4 cm³/mol. The lowest BCUT2D eigenvalue weighted by Gasteiger charge is -2.22. The van der Waals surface area contributed by atoms with Crippen molar-refractivity contribution in [3.63, 3.8) is 0 Å². The highest BCUT2D eigenvalue weighted by molar-refractivity contribution is 5.84. The number of hydrogen-bond acceptors (Lipinski definition) is 5. The van der Waals surface area contributed by atoms with Gasteiger partial charge in [-0.05, 0) is 6.92 Å². The van der Waals surface area contributed by atoms with Gasteiger partial charge in [-0.15, -0.1) is 0 Å². The molecule has 18 heavy (non-hydrogen) atoms. The fraction of sp³-hybridized carbons (Fsp3) is 0.500. The lowest BCUT2D eigenvalue weighted by molar-refractivity contribution is -0.117. The first-order chi connectivity index (χ1) is 8.36. The van der Waals surface area contributed by atoms with Crippen molar-refractivity contribution >= 4 is 17.6 Å². The molecular formula is C10H18N6O2. The SMILES string of the molecule is Cc1nn(C)c(N(CC(N)=O)CC(N)=O)c1CN. The van der Waals surface area contributed by atoms with Crippen molar-refractivity contribution < 1.29 is 9.59 Å². The Morgan fingerprint density at radius 2 is 1.78 bits per heavy atom. The second-order valence-corrected chi connectivity index (χ2v) is 4.00. The van der Waals surface area contributed by atoms with E-state index in [0.29, 0.717) is 5.82 Å². The Balaban J connectivity index is 3.18. The van der Waals surface area contributed by atoms with Crippen molar-refractivity contribution in [2.24, 2.45) is 24.2 Å². The Morgan fingerprint density at radius 1 is 1.28 bits per heavy atom. The highest BCUT2D eigenvalue weighted by atomic mass is 16.2. The molecule has 0 unspecified atom stereocenters. The molecule has 1 heterocycles. The number of aryl methyl sites for hydroxylation is 2. The molecule has 1 aromatic rings. The zero-order chi connectivity index (χ0) is 13.9. The summed E-state index contributed by atoms with van der Waals surface area (Å²) in [5.41, 5.74) is 17.5. The first-order valence-electron chi connectivity index (χ1n) is 5.40. The van der Waals surface area contributed by atoms with Crippen molar-refractivity contribution in [2.75, 3.05) is 18.0 Å². The van der Waals surface area contributed by atoms with Gasteiger partial charge in [0.05, 0.1) is 18.8 Å². The number of aromatic nitrogens is 2. The molecule has 8 heteroatoms. The maximum absolute atomic E-state index is 11.0. The van der Waals surface area contributed by atoms with Crippen LogP contribution in [0.3, 0.4) is 0 Å². The molecule has 0 aromatic carbocycles. The van der Waals surface area contributed by atoms with Gasteiger partial charge in [0, 0.05) is 19.2 Å². The van der Waals surface area contributed by atoms with Crippen molar-refractivity contribution in [2.45, 2.75) is 13.5 Å². The van der Waals surface area contributed by atoms with E-state index in [0.717, 1.165) is 11.3 Å². The van der Waals surface area contributed by atoms with Crippen LogP contribution in [-0.4, -0.2) is 34.7 Å². The van der Waals surface area contributed by atoms with E-state index in [2.05, 4.69) is 5.10 Å². The van der Waals surface area contributed by atoms with E-state index in [-0.39, 0.29) is 19.6 Å². The summed E-state index contributed by atoms with van der Waals surface area (Å²) in [5, 5.41) is 4.21. The Bertz CT molecular complexity index is 451. The number of carbonyl (C=O) groups excluding carboxylic acids is 2. The average Bonchev–Trinajstić information content (AvgIpc) is 2.50. The summed E-state index contributed by atoms with van der Waals surface area (Å²) >= 11 is 0. The molecule has 0 bridgehead atoms. The quantitative estimate of drug-likeness (QED) is 0.538. The molecule has 2 amide bonds. The van der Waals surface area contributed by atoms with Crippen LogP contribution in [0.2, 0.25) is 0 Å². The Hall–Kier alpha value is -2.09. The number of hydrogen-bond donors (Lipinski definition) is 3. The number of amides is 2. The normalized spacial score (nSPS) is 10.4. The summed E-state index contributed by atoms with van der Waals surface area (Å²) in [6, 6.07) is 0. The van der Waals surface area contributed by atoms with Crippen LogP contribution in [0.15, 0.2) is 0 Å².